The fraction of sp³-hybridized carbons (Fsp3) is 0. The van der Waals surface area contributed by atoms with E-state index in [1.165, 1.54) is 0 Å². The van der Waals surface area contributed by atoms with Crippen molar-refractivity contribution in [3.8, 4) is 11.5 Å². The Hall–Kier alpha value is -2.50. The number of ketones is 2. The topological polar surface area (TPSA) is 86.6 Å². The van der Waals surface area contributed by atoms with Crippen molar-refractivity contribution in [1.29, 1.82) is 0 Å². The van der Waals surface area contributed by atoms with E-state index in [0.29, 0.717) is 10.7 Å². The van der Waals surface area contributed by atoms with Crippen molar-refractivity contribution < 1.29 is 19.8 Å². The molecule has 2 aromatic rings. The quantitative estimate of drug-likeness (QED) is 0.719. The Balaban J connectivity index is 2.12. The Morgan fingerprint density at radius 3 is 2.09 bits per heavy atom. The Kier molecular flexibility index (Phi) is 3.75. The molecule has 0 saturated carbocycles. The maximum Gasteiger partial charge on any atom is 0.215 e. The highest BCUT2D eigenvalue weighted by Crippen LogP contribution is 2.38. The molecule has 23 heavy (non-hydrogen) atoms. The predicted molar refractivity (Wildman–Crippen MR) is 86.4 cm³/mol. The van der Waals surface area contributed by atoms with Crippen LogP contribution in [0.2, 0.25) is 5.02 Å². The first-order valence-corrected chi connectivity index (χ1v) is 7.22. The molecule has 0 saturated heterocycles. The van der Waals surface area contributed by atoms with Crippen LogP contribution in [-0.4, -0.2) is 21.8 Å². The highest BCUT2D eigenvalue weighted by molar-refractivity contribution is 6.50. The van der Waals surface area contributed by atoms with Gasteiger partial charge in [0, 0.05) is 10.7 Å². The van der Waals surface area contributed by atoms with E-state index in [0.717, 1.165) is 12.1 Å². The van der Waals surface area contributed by atoms with Crippen LogP contribution in [0.1, 0.15) is 20.7 Å². The number of nitrogens with one attached hydrogen (secondary N) is 1. The van der Waals surface area contributed by atoms with Gasteiger partial charge in [0.1, 0.15) is 22.2 Å². The first-order valence-electron chi connectivity index (χ1n) is 6.47. The lowest BCUT2D eigenvalue weighted by Crippen LogP contribution is -2.24. The van der Waals surface area contributed by atoms with E-state index in [-0.39, 0.29) is 21.9 Å². The lowest BCUT2D eigenvalue weighted by molar-refractivity contribution is 0.0977. The van der Waals surface area contributed by atoms with Crippen LogP contribution in [0, 0.1) is 0 Å². The Morgan fingerprint density at radius 2 is 1.48 bits per heavy atom. The molecule has 0 bridgehead atoms. The SMILES string of the molecule is O=C1C(Cl)=C(Nc2cccc(Cl)c2)C(=O)c2c(O)ccc(O)c21. The minimum atomic E-state index is -0.751. The summed E-state index contributed by atoms with van der Waals surface area (Å²) in [4.78, 5) is 24.9. The molecule has 0 atom stereocenters. The lowest BCUT2D eigenvalue weighted by Gasteiger charge is -2.20. The van der Waals surface area contributed by atoms with Gasteiger partial charge < -0.3 is 15.5 Å². The van der Waals surface area contributed by atoms with Crippen LogP contribution < -0.4 is 5.32 Å². The van der Waals surface area contributed by atoms with E-state index in [1.807, 2.05) is 0 Å². The Morgan fingerprint density at radius 1 is 0.870 bits per heavy atom. The third kappa shape index (κ3) is 2.54. The van der Waals surface area contributed by atoms with Gasteiger partial charge in [-0.15, -0.1) is 0 Å². The van der Waals surface area contributed by atoms with Crippen LogP contribution in [0.3, 0.4) is 0 Å². The van der Waals surface area contributed by atoms with Gasteiger partial charge in [0.2, 0.25) is 11.6 Å². The number of aromatic hydroxyl groups is 2. The summed E-state index contributed by atoms with van der Waals surface area (Å²) < 4.78 is 0. The van der Waals surface area contributed by atoms with Crippen molar-refractivity contribution in [3.05, 3.63) is 63.3 Å². The van der Waals surface area contributed by atoms with Crippen molar-refractivity contribution in [2.24, 2.45) is 0 Å². The third-order valence-electron chi connectivity index (χ3n) is 3.36. The largest absolute Gasteiger partial charge is 0.507 e. The van der Waals surface area contributed by atoms with Crippen LogP contribution in [-0.2, 0) is 0 Å². The van der Waals surface area contributed by atoms with E-state index in [1.54, 1.807) is 24.3 Å². The van der Waals surface area contributed by atoms with Crippen LogP contribution in [0.15, 0.2) is 47.1 Å². The number of allylic oxidation sites excluding steroid dienone is 2. The predicted octanol–water partition coefficient (Wildman–Crippen LogP) is 3.69. The van der Waals surface area contributed by atoms with Gasteiger partial charge in [0.15, 0.2) is 0 Å². The number of Topliss-reactive ketones (excluding diaryl/α,β-unsaturated/α-hetero) is 2. The summed E-state index contributed by atoms with van der Waals surface area (Å²) in [5.41, 5.74) is -0.331. The number of hydrogen-bond donors (Lipinski definition) is 3. The van der Waals surface area contributed by atoms with Crippen molar-refractivity contribution >= 4 is 40.5 Å². The monoisotopic (exact) mass is 349 g/mol. The maximum atomic E-state index is 12.6. The molecule has 3 N–H and O–H groups in total. The molecule has 1 aliphatic carbocycles. The molecule has 0 unspecified atom stereocenters. The van der Waals surface area contributed by atoms with E-state index >= 15 is 0 Å². The summed E-state index contributed by atoms with van der Waals surface area (Å²) in [5.74, 6) is -2.28. The van der Waals surface area contributed by atoms with Crippen LogP contribution in [0.5, 0.6) is 11.5 Å². The average Bonchev–Trinajstić information content (AvgIpc) is 2.51. The van der Waals surface area contributed by atoms with Gasteiger partial charge in [-0.1, -0.05) is 29.3 Å². The van der Waals surface area contributed by atoms with Crippen molar-refractivity contribution in [2.45, 2.75) is 0 Å². The molecule has 116 valence electrons. The highest BCUT2D eigenvalue weighted by Gasteiger charge is 2.36. The molecule has 0 aromatic heterocycles. The Labute approximate surface area is 140 Å². The second kappa shape index (κ2) is 5.61. The molecular formula is C16H9Cl2NO4. The van der Waals surface area contributed by atoms with Gasteiger partial charge in [-0.25, -0.2) is 0 Å². The standard InChI is InChI=1S/C16H9Cl2NO4/c17-7-2-1-3-8(6-7)19-14-13(18)15(22)11-9(20)4-5-10(21)12(11)16(14)23/h1-6,19-21H. The van der Waals surface area contributed by atoms with Crippen LogP contribution in [0.25, 0.3) is 0 Å². The number of carbonyl (C=O) groups excluding carboxylic acids is 2. The zero-order valence-corrected chi connectivity index (χ0v) is 12.9. The van der Waals surface area contributed by atoms with Gasteiger partial charge in [0.25, 0.3) is 0 Å². The summed E-state index contributed by atoms with van der Waals surface area (Å²) in [6.45, 7) is 0. The van der Waals surface area contributed by atoms with E-state index in [9.17, 15) is 19.8 Å². The number of halogens is 2. The van der Waals surface area contributed by atoms with Gasteiger partial charge in [-0.3, -0.25) is 9.59 Å². The Bertz CT molecular complexity index is 890. The molecule has 0 spiro atoms. The summed E-state index contributed by atoms with van der Waals surface area (Å²) in [6.07, 6.45) is 0. The smallest absolute Gasteiger partial charge is 0.215 e. The fourth-order valence-electron chi connectivity index (χ4n) is 2.31. The van der Waals surface area contributed by atoms with Crippen LogP contribution in [0.4, 0.5) is 5.69 Å². The lowest BCUT2D eigenvalue weighted by atomic mass is 9.90. The molecular weight excluding hydrogens is 341 g/mol. The highest BCUT2D eigenvalue weighted by atomic mass is 35.5. The van der Waals surface area contributed by atoms with E-state index < -0.39 is 23.1 Å². The first kappa shape index (κ1) is 15.4. The first-order chi connectivity index (χ1) is 10.9. The molecule has 0 heterocycles. The molecule has 0 fully saturated rings. The van der Waals surface area contributed by atoms with Gasteiger partial charge in [-0.05, 0) is 30.3 Å². The molecule has 1 aliphatic rings. The minimum Gasteiger partial charge on any atom is -0.507 e. The molecule has 7 heteroatoms. The van der Waals surface area contributed by atoms with Gasteiger partial charge in [0.05, 0.1) is 11.1 Å². The van der Waals surface area contributed by atoms with Gasteiger partial charge in [-0.2, -0.15) is 0 Å². The number of carbonyl (C=O) groups is 2. The summed E-state index contributed by atoms with van der Waals surface area (Å²) >= 11 is 11.9. The number of phenolic OH excluding ortho intramolecular Hbond substituents is 2. The zero-order valence-electron chi connectivity index (χ0n) is 11.4. The second-order valence-electron chi connectivity index (χ2n) is 4.84. The summed E-state index contributed by atoms with van der Waals surface area (Å²) in [7, 11) is 0. The molecule has 3 rings (SSSR count). The number of phenols is 2. The molecule has 2 aromatic carbocycles. The summed E-state index contributed by atoms with van der Waals surface area (Å²) in [5, 5.41) is 22.5. The molecule has 0 radical (unpaired) electrons. The molecule has 0 aliphatic heterocycles. The van der Waals surface area contributed by atoms with Gasteiger partial charge >= 0.3 is 0 Å². The zero-order chi connectivity index (χ0) is 16.7. The second-order valence-corrected chi connectivity index (χ2v) is 5.65. The number of hydrogen-bond acceptors (Lipinski definition) is 5. The van der Waals surface area contributed by atoms with E-state index in [2.05, 4.69) is 5.32 Å². The van der Waals surface area contributed by atoms with Crippen molar-refractivity contribution in [3.63, 3.8) is 0 Å². The number of benzene rings is 2. The molecule has 0 amide bonds. The summed E-state index contributed by atoms with van der Waals surface area (Å²) in [6, 6.07) is 8.75. The maximum absolute atomic E-state index is 12.6. The minimum absolute atomic E-state index is 0.188. The third-order valence-corrected chi connectivity index (χ3v) is 3.95. The normalized spacial score (nSPS) is 14.0. The molecule has 5 nitrogen and oxygen atoms in total. The van der Waals surface area contributed by atoms with Crippen molar-refractivity contribution in [2.75, 3.05) is 5.32 Å². The number of fused-ring (bicyclic) bond motifs is 1. The van der Waals surface area contributed by atoms with Crippen LogP contribution >= 0.6 is 23.2 Å². The number of rotatable bonds is 2. The number of anilines is 1. The van der Waals surface area contributed by atoms with E-state index in [4.69, 9.17) is 23.2 Å². The average molecular weight is 350 g/mol. The van der Waals surface area contributed by atoms with Crippen molar-refractivity contribution in [1.82, 2.24) is 0 Å². The fourth-order valence-corrected chi connectivity index (χ4v) is 2.73.